The largest absolute Gasteiger partial charge is 0.324 e. The van der Waals surface area contributed by atoms with Gasteiger partial charge in [-0.3, -0.25) is 9.10 Å². The summed E-state index contributed by atoms with van der Waals surface area (Å²) in [5.74, 6) is -0.373. The summed E-state index contributed by atoms with van der Waals surface area (Å²) in [7, 11) is -3.59. The number of rotatable bonds is 5. The Morgan fingerprint density at radius 3 is 2.00 bits per heavy atom. The summed E-state index contributed by atoms with van der Waals surface area (Å²) < 4.78 is 25.6. The summed E-state index contributed by atoms with van der Waals surface area (Å²) in [4.78, 5) is 12.5. The van der Waals surface area contributed by atoms with Gasteiger partial charge in [0.1, 0.15) is 6.54 Å². The first-order valence-corrected chi connectivity index (χ1v) is 9.85. The van der Waals surface area contributed by atoms with Crippen LogP contribution in [0.1, 0.15) is 22.3 Å². The molecule has 0 radical (unpaired) electrons. The number of hydrogen-bond acceptors (Lipinski definition) is 3. The minimum atomic E-state index is -3.59. The maximum absolute atomic E-state index is 12.5. The quantitative estimate of drug-likeness (QED) is 0.889. The molecule has 0 aliphatic rings. The van der Waals surface area contributed by atoms with Crippen LogP contribution in [0.3, 0.4) is 0 Å². The molecule has 2 rings (SSSR count). The van der Waals surface area contributed by atoms with E-state index in [4.69, 9.17) is 0 Å². The third kappa shape index (κ3) is 4.82. The predicted octanol–water partition coefficient (Wildman–Crippen LogP) is 3.32. The van der Waals surface area contributed by atoms with Gasteiger partial charge < -0.3 is 5.32 Å². The molecule has 0 unspecified atom stereocenters. The number of carbonyl (C=O) groups is 1. The third-order valence-corrected chi connectivity index (χ3v) is 5.07. The van der Waals surface area contributed by atoms with Crippen LogP contribution >= 0.6 is 0 Å². The molecule has 1 N–H and O–H groups in total. The summed E-state index contributed by atoms with van der Waals surface area (Å²) in [5.41, 5.74) is 4.98. The fraction of sp³-hybridized carbons (Fsp3) is 0.316. The van der Waals surface area contributed by atoms with Crippen molar-refractivity contribution in [3.63, 3.8) is 0 Å². The van der Waals surface area contributed by atoms with Gasteiger partial charge in [-0.15, -0.1) is 0 Å². The number of aryl methyl sites for hydroxylation is 4. The Labute approximate surface area is 149 Å². The van der Waals surface area contributed by atoms with Crippen LogP contribution in [-0.4, -0.2) is 27.1 Å². The second-order valence-corrected chi connectivity index (χ2v) is 8.34. The molecule has 0 saturated carbocycles. The van der Waals surface area contributed by atoms with Crippen molar-refractivity contribution >= 4 is 27.3 Å². The first-order valence-electron chi connectivity index (χ1n) is 8.00. The van der Waals surface area contributed by atoms with Crippen LogP contribution in [0.25, 0.3) is 0 Å². The Balaban J connectivity index is 2.30. The van der Waals surface area contributed by atoms with Gasteiger partial charge >= 0.3 is 0 Å². The molecule has 25 heavy (non-hydrogen) atoms. The number of hydrogen-bond donors (Lipinski definition) is 1. The molecule has 0 atom stereocenters. The minimum absolute atomic E-state index is 0.268. The second kappa shape index (κ2) is 7.27. The maximum Gasteiger partial charge on any atom is 0.245 e. The Bertz CT molecular complexity index is 864. The van der Waals surface area contributed by atoms with Gasteiger partial charge in [-0.05, 0) is 62.1 Å². The number of benzene rings is 2. The zero-order valence-electron chi connectivity index (χ0n) is 15.3. The van der Waals surface area contributed by atoms with E-state index in [0.717, 1.165) is 38.5 Å². The maximum atomic E-state index is 12.5. The van der Waals surface area contributed by atoms with Crippen molar-refractivity contribution in [3.8, 4) is 0 Å². The predicted molar refractivity (Wildman–Crippen MR) is 103 cm³/mol. The van der Waals surface area contributed by atoms with Crippen LogP contribution in [0.15, 0.2) is 36.4 Å². The highest BCUT2D eigenvalue weighted by molar-refractivity contribution is 7.92. The zero-order valence-corrected chi connectivity index (χ0v) is 16.1. The fourth-order valence-electron chi connectivity index (χ4n) is 2.82. The zero-order chi connectivity index (χ0) is 18.8. The summed E-state index contributed by atoms with van der Waals surface area (Å²) in [6.45, 7) is 7.33. The average molecular weight is 360 g/mol. The number of carbonyl (C=O) groups excluding carboxylic acids is 1. The summed E-state index contributed by atoms with van der Waals surface area (Å²) in [6.07, 6.45) is 1.11. The first kappa shape index (κ1) is 19.0. The summed E-state index contributed by atoms with van der Waals surface area (Å²) in [6, 6.07) is 11.2. The topological polar surface area (TPSA) is 66.5 Å². The SMILES string of the molecule is Cc1cc(C)cc(N(CC(=O)Nc2c(C)cccc2C)S(C)(=O)=O)c1. The van der Waals surface area contributed by atoms with Gasteiger partial charge in [0, 0.05) is 5.69 Å². The number of para-hydroxylation sites is 1. The van der Waals surface area contributed by atoms with Gasteiger partial charge in [-0.25, -0.2) is 8.42 Å². The van der Waals surface area contributed by atoms with Crippen LogP contribution in [0.4, 0.5) is 11.4 Å². The monoisotopic (exact) mass is 360 g/mol. The Hall–Kier alpha value is -2.34. The number of nitrogens with zero attached hydrogens (tertiary/aromatic N) is 1. The van der Waals surface area contributed by atoms with E-state index < -0.39 is 10.0 Å². The van der Waals surface area contributed by atoms with Crippen molar-refractivity contribution in [2.24, 2.45) is 0 Å². The Morgan fingerprint density at radius 1 is 1.00 bits per heavy atom. The van der Waals surface area contributed by atoms with E-state index in [0.29, 0.717) is 5.69 Å². The van der Waals surface area contributed by atoms with Crippen LogP contribution < -0.4 is 9.62 Å². The Kier molecular flexibility index (Phi) is 5.52. The molecule has 1 amide bonds. The molecule has 5 nitrogen and oxygen atoms in total. The highest BCUT2D eigenvalue weighted by Crippen LogP contribution is 2.23. The number of nitrogens with one attached hydrogen (secondary N) is 1. The molecule has 0 spiro atoms. The smallest absolute Gasteiger partial charge is 0.245 e. The molecule has 0 fully saturated rings. The van der Waals surface area contributed by atoms with Crippen molar-refractivity contribution in [1.29, 1.82) is 0 Å². The summed E-state index contributed by atoms with van der Waals surface area (Å²) >= 11 is 0. The van der Waals surface area contributed by atoms with Crippen LogP contribution in [-0.2, 0) is 14.8 Å². The van der Waals surface area contributed by atoms with Gasteiger partial charge in [-0.1, -0.05) is 24.3 Å². The van der Waals surface area contributed by atoms with Crippen LogP contribution in [0.5, 0.6) is 0 Å². The molecule has 0 aromatic heterocycles. The molecule has 2 aromatic carbocycles. The number of anilines is 2. The van der Waals surface area contributed by atoms with Crippen molar-refractivity contribution in [1.82, 2.24) is 0 Å². The molecule has 6 heteroatoms. The van der Waals surface area contributed by atoms with E-state index in [9.17, 15) is 13.2 Å². The first-order chi connectivity index (χ1) is 11.6. The molecule has 134 valence electrons. The highest BCUT2D eigenvalue weighted by Gasteiger charge is 2.22. The highest BCUT2D eigenvalue weighted by atomic mass is 32.2. The van der Waals surface area contributed by atoms with Gasteiger partial charge in [-0.2, -0.15) is 0 Å². The fourth-order valence-corrected chi connectivity index (χ4v) is 3.66. The molecular formula is C19H24N2O3S. The molecule has 0 bridgehead atoms. The van der Waals surface area contributed by atoms with Crippen molar-refractivity contribution in [3.05, 3.63) is 58.7 Å². The van der Waals surface area contributed by atoms with E-state index in [1.54, 1.807) is 12.1 Å². The summed E-state index contributed by atoms with van der Waals surface area (Å²) in [5, 5.41) is 2.83. The van der Waals surface area contributed by atoms with Gasteiger partial charge in [0.25, 0.3) is 0 Å². The second-order valence-electron chi connectivity index (χ2n) is 6.43. The van der Waals surface area contributed by atoms with Gasteiger partial charge in [0.05, 0.1) is 11.9 Å². The molecular weight excluding hydrogens is 336 g/mol. The normalized spacial score (nSPS) is 11.2. The van der Waals surface area contributed by atoms with Crippen LogP contribution in [0.2, 0.25) is 0 Å². The minimum Gasteiger partial charge on any atom is -0.324 e. The van der Waals surface area contributed by atoms with Crippen molar-refractivity contribution in [2.75, 3.05) is 22.4 Å². The molecule has 0 aliphatic heterocycles. The third-order valence-electron chi connectivity index (χ3n) is 3.93. The molecule has 0 heterocycles. The van der Waals surface area contributed by atoms with E-state index in [1.165, 1.54) is 0 Å². The van der Waals surface area contributed by atoms with Crippen molar-refractivity contribution in [2.45, 2.75) is 27.7 Å². The molecule has 2 aromatic rings. The van der Waals surface area contributed by atoms with E-state index in [2.05, 4.69) is 5.32 Å². The Morgan fingerprint density at radius 2 is 1.52 bits per heavy atom. The number of amides is 1. The lowest BCUT2D eigenvalue weighted by molar-refractivity contribution is -0.114. The lowest BCUT2D eigenvalue weighted by Gasteiger charge is -2.23. The lowest BCUT2D eigenvalue weighted by Crippen LogP contribution is -2.37. The molecule has 0 aliphatic carbocycles. The van der Waals surface area contributed by atoms with Gasteiger partial charge in [0.2, 0.25) is 15.9 Å². The van der Waals surface area contributed by atoms with E-state index in [-0.39, 0.29) is 12.5 Å². The average Bonchev–Trinajstić information content (AvgIpc) is 2.46. The van der Waals surface area contributed by atoms with Gasteiger partial charge in [0.15, 0.2) is 0 Å². The number of sulfonamides is 1. The van der Waals surface area contributed by atoms with Crippen molar-refractivity contribution < 1.29 is 13.2 Å². The van der Waals surface area contributed by atoms with Crippen LogP contribution in [0, 0.1) is 27.7 Å². The lowest BCUT2D eigenvalue weighted by atomic mass is 10.1. The van der Waals surface area contributed by atoms with E-state index >= 15 is 0 Å². The van der Waals surface area contributed by atoms with E-state index in [1.807, 2.05) is 52.0 Å². The molecule has 0 saturated heterocycles. The standard InChI is InChI=1S/C19H24N2O3S/c1-13-9-14(2)11-17(10-13)21(25(5,23)24)12-18(22)20-19-15(3)7-6-8-16(19)4/h6-11H,12H2,1-5H3,(H,20,22).